The first kappa shape index (κ1) is 15.3. The average molecular weight is 342 g/mol. The summed E-state index contributed by atoms with van der Waals surface area (Å²) in [6, 6.07) is 7.56. The fourth-order valence-corrected chi connectivity index (χ4v) is 3.69. The van der Waals surface area contributed by atoms with E-state index in [2.05, 4.69) is 15.4 Å². The van der Waals surface area contributed by atoms with Gasteiger partial charge in [0.2, 0.25) is 11.1 Å². The number of benzene rings is 1. The van der Waals surface area contributed by atoms with Crippen molar-refractivity contribution in [3.8, 4) is 5.75 Å². The molecule has 7 heteroatoms. The molecular formula is C17H18N4O2S. The van der Waals surface area contributed by atoms with E-state index in [-0.39, 0.29) is 11.8 Å². The van der Waals surface area contributed by atoms with Crippen LogP contribution >= 0.6 is 11.8 Å². The van der Waals surface area contributed by atoms with Crippen LogP contribution in [0.2, 0.25) is 0 Å². The lowest BCUT2D eigenvalue weighted by molar-refractivity contribution is -0.116. The lowest BCUT2D eigenvalue weighted by Crippen LogP contribution is -2.31. The van der Waals surface area contributed by atoms with E-state index in [4.69, 9.17) is 4.74 Å². The quantitative estimate of drug-likeness (QED) is 0.865. The third kappa shape index (κ3) is 2.39. The van der Waals surface area contributed by atoms with E-state index in [1.807, 2.05) is 35.2 Å². The van der Waals surface area contributed by atoms with Crippen molar-refractivity contribution in [1.82, 2.24) is 14.8 Å². The number of aromatic nitrogens is 3. The molecule has 1 atom stereocenters. The summed E-state index contributed by atoms with van der Waals surface area (Å²) in [6.07, 6.45) is 4.27. The number of ether oxygens (including phenoxy) is 1. The molecular weight excluding hydrogens is 324 g/mol. The van der Waals surface area contributed by atoms with Crippen molar-refractivity contribution in [3.05, 3.63) is 41.1 Å². The Morgan fingerprint density at radius 1 is 1.38 bits per heavy atom. The number of nitrogens with one attached hydrogen (secondary N) is 1. The Morgan fingerprint density at radius 2 is 2.25 bits per heavy atom. The molecule has 0 saturated heterocycles. The Bertz CT molecular complexity index is 843. The SMILES string of the molecule is COc1cccc([C@@H]2C3=C(CCCC3=O)Nc3nc(SC)nn32)c1. The molecule has 0 bridgehead atoms. The van der Waals surface area contributed by atoms with E-state index in [1.54, 1.807) is 7.11 Å². The molecule has 1 aliphatic heterocycles. The third-order valence-corrected chi connectivity index (χ3v) is 4.98. The number of carbonyl (C=O) groups is 1. The van der Waals surface area contributed by atoms with Crippen molar-refractivity contribution >= 4 is 23.5 Å². The number of carbonyl (C=O) groups excluding carboxylic acids is 1. The van der Waals surface area contributed by atoms with Crippen molar-refractivity contribution < 1.29 is 9.53 Å². The summed E-state index contributed by atoms with van der Waals surface area (Å²) in [5, 5.41) is 8.60. The van der Waals surface area contributed by atoms with E-state index in [9.17, 15) is 4.79 Å². The monoisotopic (exact) mass is 342 g/mol. The zero-order valence-electron chi connectivity index (χ0n) is 13.6. The molecule has 1 aromatic heterocycles. The first-order valence-electron chi connectivity index (χ1n) is 7.89. The van der Waals surface area contributed by atoms with Crippen molar-refractivity contribution in [2.45, 2.75) is 30.5 Å². The van der Waals surface area contributed by atoms with Gasteiger partial charge in [0.1, 0.15) is 11.8 Å². The Balaban J connectivity index is 1.90. The molecule has 6 nitrogen and oxygen atoms in total. The van der Waals surface area contributed by atoms with Crippen LogP contribution in [-0.4, -0.2) is 33.9 Å². The molecule has 0 spiro atoms. The van der Waals surface area contributed by atoms with E-state index in [0.29, 0.717) is 17.5 Å². The maximum Gasteiger partial charge on any atom is 0.227 e. The number of methoxy groups -OCH3 is 1. The van der Waals surface area contributed by atoms with Crippen LogP contribution < -0.4 is 10.1 Å². The molecule has 124 valence electrons. The summed E-state index contributed by atoms with van der Waals surface area (Å²) in [7, 11) is 1.64. The van der Waals surface area contributed by atoms with E-state index in [1.165, 1.54) is 11.8 Å². The molecule has 4 rings (SSSR count). The molecule has 1 aromatic carbocycles. The molecule has 0 saturated carbocycles. The third-order valence-electron chi connectivity index (χ3n) is 4.44. The highest BCUT2D eigenvalue weighted by molar-refractivity contribution is 7.98. The van der Waals surface area contributed by atoms with Crippen LogP contribution in [0.3, 0.4) is 0 Å². The summed E-state index contributed by atoms with van der Waals surface area (Å²) in [5.74, 6) is 1.65. The molecule has 2 heterocycles. The second-order valence-electron chi connectivity index (χ2n) is 5.84. The zero-order valence-corrected chi connectivity index (χ0v) is 14.4. The van der Waals surface area contributed by atoms with Gasteiger partial charge >= 0.3 is 0 Å². The highest BCUT2D eigenvalue weighted by atomic mass is 32.2. The van der Waals surface area contributed by atoms with Gasteiger partial charge in [-0.15, -0.1) is 5.10 Å². The average Bonchev–Trinajstić information content (AvgIpc) is 3.03. The number of rotatable bonds is 3. The Kier molecular flexibility index (Phi) is 3.80. The van der Waals surface area contributed by atoms with Crippen molar-refractivity contribution in [1.29, 1.82) is 0 Å². The number of Topliss-reactive ketones (excluding diaryl/α,β-unsaturated/α-hetero) is 1. The summed E-state index contributed by atoms with van der Waals surface area (Å²) < 4.78 is 7.18. The molecule has 0 radical (unpaired) electrons. The molecule has 0 amide bonds. The van der Waals surface area contributed by atoms with Gasteiger partial charge in [-0.25, -0.2) is 4.68 Å². The first-order chi connectivity index (χ1) is 11.7. The minimum absolute atomic E-state index is 0.184. The van der Waals surface area contributed by atoms with Crippen LogP contribution in [-0.2, 0) is 4.79 Å². The number of fused-ring (bicyclic) bond motifs is 1. The zero-order chi connectivity index (χ0) is 16.7. The molecule has 24 heavy (non-hydrogen) atoms. The number of nitrogens with zero attached hydrogens (tertiary/aromatic N) is 3. The molecule has 1 aliphatic carbocycles. The van der Waals surface area contributed by atoms with Gasteiger partial charge in [-0.2, -0.15) is 4.98 Å². The number of anilines is 1. The molecule has 2 aromatic rings. The van der Waals surface area contributed by atoms with Gasteiger partial charge in [0.05, 0.1) is 7.11 Å². The highest BCUT2D eigenvalue weighted by Gasteiger charge is 2.36. The van der Waals surface area contributed by atoms with Gasteiger partial charge in [-0.3, -0.25) is 4.79 Å². The van der Waals surface area contributed by atoms with Crippen LogP contribution in [0.15, 0.2) is 40.7 Å². The van der Waals surface area contributed by atoms with E-state index >= 15 is 0 Å². The Morgan fingerprint density at radius 3 is 3.04 bits per heavy atom. The van der Waals surface area contributed by atoms with E-state index in [0.717, 1.165) is 35.4 Å². The van der Waals surface area contributed by atoms with Gasteiger partial charge in [0.15, 0.2) is 5.78 Å². The summed E-state index contributed by atoms with van der Waals surface area (Å²) in [6.45, 7) is 0. The van der Waals surface area contributed by atoms with Crippen LogP contribution in [0.5, 0.6) is 5.75 Å². The lowest BCUT2D eigenvalue weighted by Gasteiger charge is -2.32. The Hall–Kier alpha value is -2.28. The molecule has 0 fully saturated rings. The second-order valence-corrected chi connectivity index (χ2v) is 6.61. The van der Waals surface area contributed by atoms with Gasteiger partial charge in [-0.1, -0.05) is 23.9 Å². The predicted octanol–water partition coefficient (Wildman–Crippen LogP) is 3.03. The summed E-state index contributed by atoms with van der Waals surface area (Å²) in [5.41, 5.74) is 2.77. The molecule has 2 aliphatic rings. The summed E-state index contributed by atoms with van der Waals surface area (Å²) >= 11 is 1.49. The number of hydrogen-bond acceptors (Lipinski definition) is 6. The topological polar surface area (TPSA) is 69.0 Å². The highest BCUT2D eigenvalue weighted by Crippen LogP contribution is 2.40. The van der Waals surface area contributed by atoms with Crippen LogP contribution in [0.4, 0.5) is 5.95 Å². The molecule has 0 unspecified atom stereocenters. The fourth-order valence-electron chi connectivity index (χ4n) is 3.34. The predicted molar refractivity (Wildman–Crippen MR) is 92.4 cm³/mol. The molecule has 1 N–H and O–H groups in total. The van der Waals surface area contributed by atoms with Crippen molar-refractivity contribution in [2.75, 3.05) is 18.7 Å². The van der Waals surface area contributed by atoms with Gasteiger partial charge in [0.25, 0.3) is 0 Å². The fraction of sp³-hybridized carbons (Fsp3) is 0.353. The maximum atomic E-state index is 12.7. The van der Waals surface area contributed by atoms with Gasteiger partial charge < -0.3 is 10.1 Å². The first-order valence-corrected chi connectivity index (χ1v) is 9.11. The second kappa shape index (κ2) is 5.98. The largest absolute Gasteiger partial charge is 0.497 e. The minimum Gasteiger partial charge on any atom is -0.497 e. The standard InChI is InChI=1S/C17H18N4O2S/c1-23-11-6-3-5-10(9-11)15-14-12(7-4-8-13(14)22)18-16-19-17(24-2)20-21(15)16/h3,5-6,9,15H,4,7-8H2,1-2H3,(H,18,19,20)/t15-/m1/s1. The van der Waals surface area contributed by atoms with Crippen molar-refractivity contribution in [2.24, 2.45) is 0 Å². The lowest BCUT2D eigenvalue weighted by atomic mass is 9.85. The van der Waals surface area contributed by atoms with Crippen LogP contribution in [0, 0.1) is 0 Å². The Labute approximate surface area is 144 Å². The summed E-state index contributed by atoms with van der Waals surface area (Å²) in [4.78, 5) is 17.2. The normalized spacial score (nSPS) is 19.6. The van der Waals surface area contributed by atoms with Crippen molar-refractivity contribution in [3.63, 3.8) is 0 Å². The van der Waals surface area contributed by atoms with Gasteiger partial charge in [0, 0.05) is 17.7 Å². The minimum atomic E-state index is -0.257. The van der Waals surface area contributed by atoms with Gasteiger partial charge in [-0.05, 0) is 36.8 Å². The number of allylic oxidation sites excluding steroid dienone is 2. The van der Waals surface area contributed by atoms with Crippen LogP contribution in [0.25, 0.3) is 0 Å². The van der Waals surface area contributed by atoms with E-state index < -0.39 is 0 Å². The smallest absolute Gasteiger partial charge is 0.227 e. The van der Waals surface area contributed by atoms with Crippen LogP contribution in [0.1, 0.15) is 30.9 Å². The maximum absolute atomic E-state index is 12.7. The number of ketones is 1. The number of thioether (sulfide) groups is 1. The number of hydrogen-bond donors (Lipinski definition) is 1.